The average Bonchev–Trinajstić information content (AvgIpc) is 2.29. The molecule has 0 aromatic heterocycles. The second kappa shape index (κ2) is 7.24. The molecule has 4 nitrogen and oxygen atoms in total. The van der Waals surface area contributed by atoms with E-state index in [1.807, 2.05) is 24.3 Å². The fourth-order valence-corrected chi connectivity index (χ4v) is 1.31. The van der Waals surface area contributed by atoms with E-state index in [1.54, 1.807) is 0 Å². The lowest BCUT2D eigenvalue weighted by Crippen LogP contribution is -2.25. The molecule has 0 fully saturated rings. The van der Waals surface area contributed by atoms with Crippen molar-refractivity contribution in [2.24, 2.45) is 0 Å². The SMILES string of the molecule is O=C(NCCCO)OCc1ccc(Br)cc1. The lowest BCUT2D eigenvalue weighted by Gasteiger charge is -2.06. The number of halogens is 1. The fraction of sp³-hybridized carbons (Fsp3) is 0.364. The number of alkyl carbamates (subject to hydrolysis) is 1. The number of aliphatic hydroxyl groups excluding tert-OH is 1. The molecule has 0 heterocycles. The molecule has 1 amide bonds. The van der Waals surface area contributed by atoms with E-state index in [9.17, 15) is 4.79 Å². The summed E-state index contributed by atoms with van der Waals surface area (Å²) in [6, 6.07) is 7.54. The predicted octanol–water partition coefficient (Wildman–Crippen LogP) is 2.06. The Balaban J connectivity index is 2.23. The topological polar surface area (TPSA) is 58.6 Å². The number of nitrogens with one attached hydrogen (secondary N) is 1. The summed E-state index contributed by atoms with van der Waals surface area (Å²) >= 11 is 3.32. The Morgan fingerprint density at radius 2 is 2.06 bits per heavy atom. The van der Waals surface area contributed by atoms with Gasteiger partial charge in [-0.2, -0.15) is 0 Å². The zero-order chi connectivity index (χ0) is 11.8. The van der Waals surface area contributed by atoms with E-state index in [2.05, 4.69) is 21.2 Å². The standard InChI is InChI=1S/C11H14BrNO3/c12-10-4-2-9(3-5-10)8-16-11(15)13-6-1-7-14/h2-5,14H,1,6-8H2,(H,13,15). The summed E-state index contributed by atoms with van der Waals surface area (Å²) in [7, 11) is 0. The highest BCUT2D eigenvalue weighted by Gasteiger charge is 2.01. The molecular formula is C11H14BrNO3. The van der Waals surface area contributed by atoms with Crippen LogP contribution in [0.3, 0.4) is 0 Å². The molecule has 1 rings (SSSR count). The van der Waals surface area contributed by atoms with Gasteiger partial charge in [0.2, 0.25) is 0 Å². The zero-order valence-corrected chi connectivity index (χ0v) is 10.4. The van der Waals surface area contributed by atoms with Crippen LogP contribution in [0.1, 0.15) is 12.0 Å². The lowest BCUT2D eigenvalue weighted by molar-refractivity contribution is 0.139. The molecule has 0 aliphatic carbocycles. The van der Waals surface area contributed by atoms with Crippen LogP contribution in [0, 0.1) is 0 Å². The van der Waals surface area contributed by atoms with Gasteiger partial charge in [-0.3, -0.25) is 0 Å². The lowest BCUT2D eigenvalue weighted by atomic mass is 10.2. The molecule has 1 aromatic carbocycles. The van der Waals surface area contributed by atoms with Crippen molar-refractivity contribution in [3.63, 3.8) is 0 Å². The minimum absolute atomic E-state index is 0.0625. The zero-order valence-electron chi connectivity index (χ0n) is 8.78. The first-order valence-corrected chi connectivity index (χ1v) is 5.77. The maximum Gasteiger partial charge on any atom is 0.407 e. The summed E-state index contributed by atoms with van der Waals surface area (Å²) in [5.74, 6) is 0. The highest BCUT2D eigenvalue weighted by molar-refractivity contribution is 9.10. The summed E-state index contributed by atoms with van der Waals surface area (Å²) in [5.41, 5.74) is 0.931. The quantitative estimate of drug-likeness (QED) is 0.815. The van der Waals surface area contributed by atoms with Crippen molar-refractivity contribution in [3.8, 4) is 0 Å². The summed E-state index contributed by atoms with van der Waals surface area (Å²) < 4.78 is 5.96. The highest BCUT2D eigenvalue weighted by atomic mass is 79.9. The summed E-state index contributed by atoms with van der Waals surface area (Å²) in [6.45, 7) is 0.737. The normalized spacial score (nSPS) is 9.88. The number of carbonyl (C=O) groups is 1. The van der Waals surface area contributed by atoms with Crippen molar-refractivity contribution in [2.75, 3.05) is 13.2 Å². The Bertz CT molecular complexity index is 327. The predicted molar refractivity (Wildman–Crippen MR) is 64.0 cm³/mol. The van der Waals surface area contributed by atoms with Gasteiger partial charge >= 0.3 is 6.09 Å². The minimum Gasteiger partial charge on any atom is -0.445 e. The van der Waals surface area contributed by atoms with Crippen LogP contribution >= 0.6 is 15.9 Å². The number of hydrogen-bond acceptors (Lipinski definition) is 3. The van der Waals surface area contributed by atoms with E-state index in [0.29, 0.717) is 13.0 Å². The van der Waals surface area contributed by atoms with Crippen molar-refractivity contribution in [3.05, 3.63) is 34.3 Å². The third kappa shape index (κ3) is 5.14. The fourth-order valence-electron chi connectivity index (χ4n) is 1.05. The number of hydrogen-bond donors (Lipinski definition) is 2. The van der Waals surface area contributed by atoms with Gasteiger partial charge in [-0.25, -0.2) is 4.79 Å². The molecular weight excluding hydrogens is 274 g/mol. The molecule has 88 valence electrons. The van der Waals surface area contributed by atoms with Gasteiger partial charge in [-0.15, -0.1) is 0 Å². The molecule has 0 saturated carbocycles. The van der Waals surface area contributed by atoms with Crippen LogP contribution in [0.4, 0.5) is 4.79 Å². The third-order valence-corrected chi connectivity index (χ3v) is 2.42. The van der Waals surface area contributed by atoms with Crippen LogP contribution in [-0.4, -0.2) is 24.4 Å². The van der Waals surface area contributed by atoms with Crippen LogP contribution in [0.5, 0.6) is 0 Å². The number of carbonyl (C=O) groups excluding carboxylic acids is 1. The third-order valence-electron chi connectivity index (χ3n) is 1.89. The molecule has 0 aliphatic rings. The van der Waals surface area contributed by atoms with Gasteiger partial charge in [0.15, 0.2) is 0 Å². The Hall–Kier alpha value is -1.07. The minimum atomic E-state index is -0.462. The molecule has 16 heavy (non-hydrogen) atoms. The van der Waals surface area contributed by atoms with E-state index >= 15 is 0 Å². The summed E-state index contributed by atoms with van der Waals surface area (Å²) in [5, 5.41) is 11.1. The van der Waals surface area contributed by atoms with E-state index in [1.165, 1.54) is 0 Å². The molecule has 0 atom stereocenters. The highest BCUT2D eigenvalue weighted by Crippen LogP contribution is 2.11. The number of aliphatic hydroxyl groups is 1. The average molecular weight is 288 g/mol. The smallest absolute Gasteiger partial charge is 0.407 e. The largest absolute Gasteiger partial charge is 0.445 e. The first-order chi connectivity index (χ1) is 7.72. The second-order valence-electron chi connectivity index (χ2n) is 3.21. The summed E-state index contributed by atoms with van der Waals surface area (Å²) in [6.07, 6.45) is 0.0734. The Labute approximate surface area is 103 Å². The molecule has 5 heteroatoms. The second-order valence-corrected chi connectivity index (χ2v) is 4.12. The molecule has 0 spiro atoms. The monoisotopic (exact) mass is 287 g/mol. The number of ether oxygens (including phenoxy) is 1. The number of amides is 1. The van der Waals surface area contributed by atoms with Gasteiger partial charge in [0.05, 0.1) is 0 Å². The van der Waals surface area contributed by atoms with Crippen LogP contribution in [0.25, 0.3) is 0 Å². The Kier molecular flexibility index (Phi) is 5.88. The van der Waals surface area contributed by atoms with Gasteiger partial charge in [0, 0.05) is 17.6 Å². The Morgan fingerprint density at radius 3 is 2.69 bits per heavy atom. The van der Waals surface area contributed by atoms with Crippen molar-refractivity contribution in [2.45, 2.75) is 13.0 Å². The van der Waals surface area contributed by atoms with Crippen LogP contribution < -0.4 is 5.32 Å². The maximum absolute atomic E-state index is 11.1. The number of benzene rings is 1. The van der Waals surface area contributed by atoms with Crippen molar-refractivity contribution in [1.82, 2.24) is 5.32 Å². The van der Waals surface area contributed by atoms with Gasteiger partial charge in [0.1, 0.15) is 6.61 Å². The first-order valence-electron chi connectivity index (χ1n) is 4.98. The van der Waals surface area contributed by atoms with Crippen LogP contribution in [-0.2, 0) is 11.3 Å². The van der Waals surface area contributed by atoms with E-state index in [0.717, 1.165) is 10.0 Å². The van der Waals surface area contributed by atoms with Crippen LogP contribution in [0.15, 0.2) is 28.7 Å². The van der Waals surface area contributed by atoms with E-state index in [4.69, 9.17) is 9.84 Å². The van der Waals surface area contributed by atoms with Gasteiger partial charge in [-0.05, 0) is 24.1 Å². The molecule has 0 radical (unpaired) electrons. The molecule has 2 N–H and O–H groups in total. The van der Waals surface area contributed by atoms with Crippen LogP contribution in [0.2, 0.25) is 0 Å². The van der Waals surface area contributed by atoms with Crippen molar-refractivity contribution < 1.29 is 14.6 Å². The molecule has 0 bridgehead atoms. The molecule has 0 aliphatic heterocycles. The van der Waals surface area contributed by atoms with Gasteiger partial charge < -0.3 is 15.2 Å². The molecule has 0 saturated heterocycles. The maximum atomic E-state index is 11.1. The first kappa shape index (κ1) is 13.0. The summed E-state index contributed by atoms with van der Waals surface area (Å²) in [4.78, 5) is 11.1. The van der Waals surface area contributed by atoms with Crippen molar-refractivity contribution >= 4 is 22.0 Å². The molecule has 0 unspecified atom stereocenters. The van der Waals surface area contributed by atoms with Gasteiger partial charge in [-0.1, -0.05) is 28.1 Å². The van der Waals surface area contributed by atoms with Gasteiger partial charge in [0.25, 0.3) is 0 Å². The molecule has 1 aromatic rings. The van der Waals surface area contributed by atoms with Crippen molar-refractivity contribution in [1.29, 1.82) is 0 Å². The van der Waals surface area contributed by atoms with E-state index in [-0.39, 0.29) is 13.2 Å². The van der Waals surface area contributed by atoms with E-state index < -0.39 is 6.09 Å². The number of rotatable bonds is 5. The Morgan fingerprint density at radius 1 is 1.38 bits per heavy atom.